The van der Waals surface area contributed by atoms with E-state index in [4.69, 9.17) is 5.14 Å². The van der Waals surface area contributed by atoms with Gasteiger partial charge in [-0.3, -0.25) is 4.79 Å². The molecule has 1 amide bonds. The summed E-state index contributed by atoms with van der Waals surface area (Å²) in [5.74, 6) is -1.01. The summed E-state index contributed by atoms with van der Waals surface area (Å²) in [7, 11) is -7.02. The zero-order valence-electron chi connectivity index (χ0n) is 9.26. The molecule has 0 aromatic carbocycles. The molecule has 0 aromatic heterocycles. The van der Waals surface area contributed by atoms with E-state index in [9.17, 15) is 21.6 Å². The number of carbonyl (C=O) groups is 1. The van der Waals surface area contributed by atoms with Crippen LogP contribution in [0.3, 0.4) is 0 Å². The summed E-state index contributed by atoms with van der Waals surface area (Å²) in [6.45, 7) is -0.163. The molecule has 0 radical (unpaired) electrons. The van der Waals surface area contributed by atoms with E-state index in [0.717, 1.165) is 0 Å². The Kier molecular flexibility index (Phi) is 4.50. The minimum absolute atomic E-state index is 0.0142. The minimum Gasteiger partial charge on any atom is -0.354 e. The summed E-state index contributed by atoms with van der Waals surface area (Å²) in [6, 6.07) is 0. The number of primary sulfonamides is 1. The largest absolute Gasteiger partial charge is 0.354 e. The number of nitrogens with one attached hydrogen (secondary N) is 1. The quantitative estimate of drug-likeness (QED) is 0.640. The second-order valence-electron chi connectivity index (χ2n) is 4.01. The predicted octanol–water partition coefficient (Wildman–Crippen LogP) is -1.64. The molecule has 0 bridgehead atoms. The molecule has 1 unspecified atom stereocenters. The zero-order chi connectivity index (χ0) is 13.1. The van der Waals surface area contributed by atoms with Crippen LogP contribution in [0.4, 0.5) is 0 Å². The molecule has 9 heteroatoms. The van der Waals surface area contributed by atoms with Gasteiger partial charge in [0.25, 0.3) is 0 Å². The normalized spacial score (nSPS) is 24.2. The fraction of sp³-hybridized carbons (Fsp3) is 0.875. The SMILES string of the molecule is NS(=O)(=O)CCNC(=O)C1CCCCS1(=O)=O. The maximum Gasteiger partial charge on any atom is 0.238 e. The molecule has 0 aromatic rings. The molecule has 1 rings (SSSR count). The third-order valence-corrected chi connectivity index (χ3v) is 5.50. The van der Waals surface area contributed by atoms with Crippen molar-refractivity contribution in [2.45, 2.75) is 24.5 Å². The van der Waals surface area contributed by atoms with Crippen LogP contribution in [-0.2, 0) is 24.7 Å². The molecular formula is C8H16N2O5S2. The van der Waals surface area contributed by atoms with Gasteiger partial charge in [-0.05, 0) is 12.8 Å². The lowest BCUT2D eigenvalue weighted by atomic mass is 10.2. The average molecular weight is 284 g/mol. The topological polar surface area (TPSA) is 123 Å². The maximum absolute atomic E-state index is 11.6. The van der Waals surface area contributed by atoms with Gasteiger partial charge in [0.15, 0.2) is 9.84 Å². The van der Waals surface area contributed by atoms with Gasteiger partial charge in [0.1, 0.15) is 5.25 Å². The van der Waals surface area contributed by atoms with E-state index < -0.39 is 36.8 Å². The summed E-state index contributed by atoms with van der Waals surface area (Å²) in [5.41, 5.74) is 0. The number of sulfone groups is 1. The highest BCUT2D eigenvalue weighted by Crippen LogP contribution is 2.19. The number of carbonyl (C=O) groups excluding carboxylic acids is 1. The van der Waals surface area contributed by atoms with Crippen molar-refractivity contribution in [2.75, 3.05) is 18.1 Å². The number of rotatable bonds is 4. The Morgan fingerprint density at radius 2 is 2.00 bits per heavy atom. The van der Waals surface area contributed by atoms with Gasteiger partial charge >= 0.3 is 0 Å². The number of sulfonamides is 1. The van der Waals surface area contributed by atoms with E-state index >= 15 is 0 Å². The van der Waals surface area contributed by atoms with Crippen molar-refractivity contribution in [3.05, 3.63) is 0 Å². The van der Waals surface area contributed by atoms with Crippen LogP contribution in [0.25, 0.3) is 0 Å². The monoisotopic (exact) mass is 284 g/mol. The standard InChI is InChI=1S/C8H16N2O5S2/c9-17(14,15)6-4-10-8(11)7-3-1-2-5-16(7,12)13/h7H,1-6H2,(H,10,11)(H2,9,14,15). The molecule has 0 aliphatic carbocycles. The Morgan fingerprint density at radius 3 is 2.53 bits per heavy atom. The summed E-state index contributed by atoms with van der Waals surface area (Å²) >= 11 is 0. The zero-order valence-corrected chi connectivity index (χ0v) is 10.9. The fourth-order valence-electron chi connectivity index (χ4n) is 1.68. The Morgan fingerprint density at radius 1 is 1.35 bits per heavy atom. The van der Waals surface area contributed by atoms with Gasteiger partial charge in [-0.1, -0.05) is 6.42 Å². The van der Waals surface area contributed by atoms with Gasteiger partial charge in [0, 0.05) is 6.54 Å². The molecule has 1 atom stereocenters. The Bertz CT molecular complexity index is 482. The summed E-state index contributed by atoms with van der Waals surface area (Å²) in [5, 5.41) is 6.00. The van der Waals surface area contributed by atoms with Crippen molar-refractivity contribution < 1.29 is 21.6 Å². The molecule has 0 spiro atoms. The maximum atomic E-state index is 11.6. The first-order chi connectivity index (χ1) is 7.72. The highest BCUT2D eigenvalue weighted by Gasteiger charge is 2.34. The van der Waals surface area contributed by atoms with Crippen LogP contribution in [0.15, 0.2) is 0 Å². The molecule has 100 valence electrons. The fourth-order valence-corrected chi connectivity index (χ4v) is 3.89. The molecule has 1 heterocycles. The van der Waals surface area contributed by atoms with Crippen molar-refractivity contribution in [1.82, 2.24) is 5.32 Å². The van der Waals surface area contributed by atoms with Crippen molar-refractivity contribution in [3.8, 4) is 0 Å². The summed E-state index contributed by atoms with van der Waals surface area (Å²) in [6.07, 6.45) is 1.55. The second-order valence-corrected chi connectivity index (χ2v) is 8.05. The Labute approximate surface area is 101 Å². The van der Waals surface area contributed by atoms with Gasteiger partial charge < -0.3 is 5.32 Å². The van der Waals surface area contributed by atoms with Gasteiger partial charge in [-0.25, -0.2) is 22.0 Å². The highest BCUT2D eigenvalue weighted by atomic mass is 32.2. The van der Waals surface area contributed by atoms with Gasteiger partial charge in [0.05, 0.1) is 11.5 Å². The van der Waals surface area contributed by atoms with E-state index in [1.54, 1.807) is 0 Å². The van der Waals surface area contributed by atoms with Crippen molar-refractivity contribution in [1.29, 1.82) is 0 Å². The minimum atomic E-state index is -3.64. The van der Waals surface area contributed by atoms with E-state index in [2.05, 4.69) is 5.32 Å². The van der Waals surface area contributed by atoms with Crippen molar-refractivity contribution >= 4 is 25.8 Å². The first-order valence-electron chi connectivity index (χ1n) is 5.22. The second kappa shape index (κ2) is 5.32. The lowest BCUT2D eigenvalue weighted by Gasteiger charge is -2.21. The van der Waals surface area contributed by atoms with E-state index in [-0.39, 0.29) is 12.3 Å². The van der Waals surface area contributed by atoms with Crippen LogP contribution >= 0.6 is 0 Å². The van der Waals surface area contributed by atoms with E-state index in [1.165, 1.54) is 0 Å². The van der Waals surface area contributed by atoms with Gasteiger partial charge in [0.2, 0.25) is 15.9 Å². The number of amides is 1. The van der Waals surface area contributed by atoms with Crippen molar-refractivity contribution in [2.24, 2.45) is 5.14 Å². The van der Waals surface area contributed by atoms with Crippen LogP contribution < -0.4 is 10.5 Å². The van der Waals surface area contributed by atoms with Crippen LogP contribution in [0, 0.1) is 0 Å². The third kappa shape index (κ3) is 4.60. The summed E-state index contributed by atoms with van der Waals surface area (Å²) < 4.78 is 44.4. The van der Waals surface area contributed by atoms with Gasteiger partial charge in [-0.15, -0.1) is 0 Å². The molecule has 1 aliphatic heterocycles. The van der Waals surface area contributed by atoms with E-state index in [1.807, 2.05) is 0 Å². The average Bonchev–Trinajstić information content (AvgIpc) is 2.14. The van der Waals surface area contributed by atoms with Crippen LogP contribution in [0.2, 0.25) is 0 Å². The molecule has 3 N–H and O–H groups in total. The Balaban J connectivity index is 2.53. The molecule has 1 aliphatic rings. The first kappa shape index (κ1) is 14.4. The van der Waals surface area contributed by atoms with Crippen LogP contribution in [-0.4, -0.2) is 46.0 Å². The van der Waals surface area contributed by atoms with Crippen LogP contribution in [0.5, 0.6) is 0 Å². The smallest absolute Gasteiger partial charge is 0.238 e. The Hall–Kier alpha value is -0.670. The number of hydrogen-bond acceptors (Lipinski definition) is 5. The molecule has 1 fully saturated rings. The lowest BCUT2D eigenvalue weighted by molar-refractivity contribution is -0.120. The molecule has 0 saturated carbocycles. The molecular weight excluding hydrogens is 268 g/mol. The predicted molar refractivity (Wildman–Crippen MR) is 62.4 cm³/mol. The number of hydrogen-bond donors (Lipinski definition) is 2. The summed E-state index contributed by atoms with van der Waals surface area (Å²) in [4.78, 5) is 11.6. The van der Waals surface area contributed by atoms with Crippen molar-refractivity contribution in [3.63, 3.8) is 0 Å². The number of nitrogens with two attached hydrogens (primary N) is 1. The van der Waals surface area contributed by atoms with Crippen LogP contribution in [0.1, 0.15) is 19.3 Å². The molecule has 7 nitrogen and oxygen atoms in total. The third-order valence-electron chi connectivity index (χ3n) is 2.56. The lowest BCUT2D eigenvalue weighted by Crippen LogP contribution is -2.44. The molecule has 1 saturated heterocycles. The van der Waals surface area contributed by atoms with E-state index in [0.29, 0.717) is 19.3 Å². The highest BCUT2D eigenvalue weighted by molar-refractivity contribution is 7.92. The first-order valence-corrected chi connectivity index (χ1v) is 8.65. The van der Waals surface area contributed by atoms with Gasteiger partial charge in [-0.2, -0.15) is 0 Å². The molecule has 17 heavy (non-hydrogen) atoms.